The standard InChI is InChI=1S/C21H37NO5S/c1-4-5-8-11-18(27-17(2)23)13-14-20-22(19(24)16-28-20)15-10-7-6-9-12-21(25)26-3/h18,20H,4-16H2,1-3H3/t18-,20?/m1/s1. The monoisotopic (exact) mass is 415 g/mol. The smallest absolute Gasteiger partial charge is 0.305 e. The second-order valence-corrected chi connectivity index (χ2v) is 8.56. The van der Waals surface area contributed by atoms with Crippen LogP contribution in [0.15, 0.2) is 0 Å². The van der Waals surface area contributed by atoms with Crippen molar-refractivity contribution in [3.05, 3.63) is 0 Å². The number of methoxy groups -OCH3 is 1. The molecular formula is C21H37NO5S. The van der Waals surface area contributed by atoms with Crippen LogP contribution in [-0.2, 0) is 23.9 Å². The van der Waals surface area contributed by atoms with E-state index in [2.05, 4.69) is 11.7 Å². The lowest BCUT2D eigenvalue weighted by Crippen LogP contribution is -2.34. The molecule has 1 fully saturated rings. The van der Waals surface area contributed by atoms with Crippen LogP contribution in [0.1, 0.15) is 84.5 Å². The molecule has 0 radical (unpaired) electrons. The third kappa shape index (κ3) is 10.3. The largest absolute Gasteiger partial charge is 0.469 e. The molecule has 1 saturated heterocycles. The fourth-order valence-electron chi connectivity index (χ4n) is 3.46. The highest BCUT2D eigenvalue weighted by Crippen LogP contribution is 2.30. The number of thioether (sulfide) groups is 1. The Balaban J connectivity index is 2.34. The molecule has 0 aromatic rings. The van der Waals surface area contributed by atoms with Gasteiger partial charge < -0.3 is 14.4 Å². The normalized spacial score (nSPS) is 17.6. The van der Waals surface area contributed by atoms with E-state index in [1.54, 1.807) is 11.8 Å². The minimum absolute atomic E-state index is 0.0412. The number of carbonyl (C=O) groups excluding carboxylic acids is 3. The molecule has 1 aliphatic heterocycles. The van der Waals surface area contributed by atoms with Gasteiger partial charge >= 0.3 is 11.9 Å². The minimum Gasteiger partial charge on any atom is -0.469 e. The number of nitrogens with zero attached hydrogens (tertiary/aromatic N) is 1. The zero-order valence-corrected chi connectivity index (χ0v) is 18.6. The van der Waals surface area contributed by atoms with Gasteiger partial charge in [0, 0.05) is 19.9 Å². The maximum absolute atomic E-state index is 12.2. The summed E-state index contributed by atoms with van der Waals surface area (Å²) in [7, 11) is 1.41. The molecule has 0 spiro atoms. The lowest BCUT2D eigenvalue weighted by atomic mass is 10.1. The molecule has 0 aromatic carbocycles. The van der Waals surface area contributed by atoms with Gasteiger partial charge in [-0.15, -0.1) is 11.8 Å². The maximum Gasteiger partial charge on any atom is 0.305 e. The molecule has 0 N–H and O–H groups in total. The van der Waals surface area contributed by atoms with Crippen molar-refractivity contribution in [2.45, 2.75) is 96.0 Å². The van der Waals surface area contributed by atoms with Crippen molar-refractivity contribution in [1.82, 2.24) is 4.90 Å². The molecule has 1 unspecified atom stereocenters. The molecule has 28 heavy (non-hydrogen) atoms. The van der Waals surface area contributed by atoms with Gasteiger partial charge in [-0.05, 0) is 38.5 Å². The van der Waals surface area contributed by atoms with E-state index in [-0.39, 0.29) is 29.3 Å². The summed E-state index contributed by atoms with van der Waals surface area (Å²) in [5.41, 5.74) is 0. The summed E-state index contributed by atoms with van der Waals surface area (Å²) in [6.45, 7) is 4.39. The minimum atomic E-state index is -0.222. The number of hydrogen-bond donors (Lipinski definition) is 0. The predicted octanol–water partition coefficient (Wildman–Crippen LogP) is 4.30. The lowest BCUT2D eigenvalue weighted by molar-refractivity contribution is -0.147. The molecule has 7 heteroatoms. The summed E-state index contributed by atoms with van der Waals surface area (Å²) in [4.78, 5) is 36.7. The van der Waals surface area contributed by atoms with Crippen LogP contribution < -0.4 is 0 Å². The summed E-state index contributed by atoms with van der Waals surface area (Å²) >= 11 is 1.70. The second-order valence-electron chi connectivity index (χ2n) is 7.40. The number of unbranched alkanes of at least 4 members (excludes halogenated alkanes) is 5. The zero-order valence-electron chi connectivity index (χ0n) is 17.7. The number of hydrogen-bond acceptors (Lipinski definition) is 6. The van der Waals surface area contributed by atoms with Crippen LogP contribution in [0.25, 0.3) is 0 Å². The molecule has 1 aliphatic rings. The van der Waals surface area contributed by atoms with Crippen LogP contribution in [0, 0.1) is 0 Å². The van der Waals surface area contributed by atoms with Crippen molar-refractivity contribution in [3.8, 4) is 0 Å². The van der Waals surface area contributed by atoms with E-state index in [1.807, 2.05) is 4.90 Å². The van der Waals surface area contributed by atoms with Crippen molar-refractivity contribution in [2.75, 3.05) is 19.4 Å². The molecule has 0 aliphatic carbocycles. The number of carbonyl (C=O) groups is 3. The van der Waals surface area contributed by atoms with Gasteiger partial charge in [0.25, 0.3) is 0 Å². The molecule has 6 nitrogen and oxygen atoms in total. The van der Waals surface area contributed by atoms with E-state index in [0.717, 1.165) is 70.8 Å². The Labute approximate surface area is 174 Å². The number of rotatable bonds is 15. The van der Waals surface area contributed by atoms with Gasteiger partial charge in [0.05, 0.1) is 18.2 Å². The van der Waals surface area contributed by atoms with Crippen molar-refractivity contribution >= 4 is 29.6 Å². The fraction of sp³-hybridized carbons (Fsp3) is 0.857. The van der Waals surface area contributed by atoms with Crippen molar-refractivity contribution < 1.29 is 23.9 Å². The predicted molar refractivity (Wildman–Crippen MR) is 112 cm³/mol. The number of amides is 1. The second kappa shape index (κ2) is 14.7. The first-order valence-corrected chi connectivity index (χ1v) is 11.7. The van der Waals surface area contributed by atoms with Gasteiger partial charge in [0.2, 0.25) is 5.91 Å². The SMILES string of the molecule is CCCCC[C@H](CCC1SCC(=O)N1CCCCCCC(=O)OC)OC(C)=O. The van der Waals surface area contributed by atoms with E-state index >= 15 is 0 Å². The van der Waals surface area contributed by atoms with Crippen molar-refractivity contribution in [3.63, 3.8) is 0 Å². The van der Waals surface area contributed by atoms with Gasteiger partial charge in [-0.2, -0.15) is 0 Å². The lowest BCUT2D eigenvalue weighted by Gasteiger charge is -2.26. The summed E-state index contributed by atoms with van der Waals surface area (Å²) in [6, 6.07) is 0. The van der Waals surface area contributed by atoms with Gasteiger partial charge in [0.1, 0.15) is 6.10 Å². The van der Waals surface area contributed by atoms with E-state index in [9.17, 15) is 14.4 Å². The molecule has 1 rings (SSSR count). The van der Waals surface area contributed by atoms with Crippen LogP contribution in [0.4, 0.5) is 0 Å². The van der Waals surface area contributed by atoms with E-state index in [1.165, 1.54) is 14.0 Å². The Hall–Kier alpha value is -1.24. The Bertz CT molecular complexity index is 485. The topological polar surface area (TPSA) is 72.9 Å². The third-order valence-electron chi connectivity index (χ3n) is 5.02. The average molecular weight is 416 g/mol. The first kappa shape index (κ1) is 24.8. The van der Waals surface area contributed by atoms with Crippen LogP contribution in [-0.4, -0.2) is 53.6 Å². The Kier molecular flexibility index (Phi) is 13.0. The highest BCUT2D eigenvalue weighted by atomic mass is 32.2. The van der Waals surface area contributed by atoms with Crippen molar-refractivity contribution in [2.24, 2.45) is 0 Å². The molecular weight excluding hydrogens is 378 g/mol. The van der Waals surface area contributed by atoms with Crippen molar-refractivity contribution in [1.29, 1.82) is 0 Å². The quantitative estimate of drug-likeness (QED) is 0.293. The third-order valence-corrected chi connectivity index (χ3v) is 6.31. The van der Waals surface area contributed by atoms with Gasteiger partial charge in [-0.3, -0.25) is 14.4 Å². The number of ether oxygens (including phenoxy) is 2. The molecule has 1 amide bonds. The van der Waals surface area contributed by atoms with Crippen LogP contribution in [0.5, 0.6) is 0 Å². The molecule has 0 aromatic heterocycles. The van der Waals surface area contributed by atoms with E-state index in [4.69, 9.17) is 4.74 Å². The van der Waals surface area contributed by atoms with E-state index in [0.29, 0.717) is 12.2 Å². The van der Waals surface area contributed by atoms with Gasteiger partial charge in [-0.1, -0.05) is 32.6 Å². The summed E-state index contributed by atoms with van der Waals surface area (Å²) < 4.78 is 10.1. The molecule has 0 bridgehead atoms. The maximum atomic E-state index is 12.2. The summed E-state index contributed by atoms with van der Waals surface area (Å²) in [5.74, 6) is 0.369. The van der Waals surface area contributed by atoms with E-state index < -0.39 is 0 Å². The average Bonchev–Trinajstić information content (AvgIpc) is 3.01. The highest BCUT2D eigenvalue weighted by molar-refractivity contribution is 8.00. The number of esters is 2. The molecule has 1 heterocycles. The first-order valence-electron chi connectivity index (χ1n) is 10.6. The molecule has 2 atom stereocenters. The highest BCUT2D eigenvalue weighted by Gasteiger charge is 2.31. The Morgan fingerprint density at radius 2 is 1.89 bits per heavy atom. The molecule has 0 saturated carbocycles. The van der Waals surface area contributed by atoms with Crippen LogP contribution >= 0.6 is 11.8 Å². The molecule has 162 valence electrons. The summed E-state index contributed by atoms with van der Waals surface area (Å²) in [6.07, 6.45) is 10.1. The van der Waals surface area contributed by atoms with Crippen LogP contribution in [0.3, 0.4) is 0 Å². The zero-order chi connectivity index (χ0) is 20.8. The Morgan fingerprint density at radius 1 is 1.14 bits per heavy atom. The van der Waals surface area contributed by atoms with Gasteiger partial charge in [0.15, 0.2) is 0 Å². The van der Waals surface area contributed by atoms with Gasteiger partial charge in [-0.25, -0.2) is 0 Å². The van der Waals surface area contributed by atoms with Crippen LogP contribution in [0.2, 0.25) is 0 Å². The first-order chi connectivity index (χ1) is 13.5. The Morgan fingerprint density at radius 3 is 2.57 bits per heavy atom. The fourth-order valence-corrected chi connectivity index (χ4v) is 4.67. The summed E-state index contributed by atoms with van der Waals surface area (Å²) in [5, 5.41) is 0.187.